The van der Waals surface area contributed by atoms with Gasteiger partial charge in [0.15, 0.2) is 11.3 Å². The van der Waals surface area contributed by atoms with E-state index in [-0.39, 0.29) is 11.7 Å². The van der Waals surface area contributed by atoms with Gasteiger partial charge in [0.05, 0.1) is 41.5 Å². The largest absolute Gasteiger partial charge is 0.495 e. The van der Waals surface area contributed by atoms with Crippen LogP contribution in [0.3, 0.4) is 0 Å². The Labute approximate surface area is 193 Å². The molecule has 1 atom stereocenters. The molecule has 3 aromatic heterocycles. The van der Waals surface area contributed by atoms with Crippen molar-refractivity contribution in [3.05, 3.63) is 64.2 Å². The maximum Gasteiger partial charge on any atom is 0.265 e. The van der Waals surface area contributed by atoms with E-state index in [0.29, 0.717) is 50.7 Å². The van der Waals surface area contributed by atoms with Gasteiger partial charge < -0.3 is 9.47 Å². The summed E-state index contributed by atoms with van der Waals surface area (Å²) in [5, 5.41) is 0.876. The second-order valence-electron chi connectivity index (χ2n) is 8.07. The van der Waals surface area contributed by atoms with Gasteiger partial charge >= 0.3 is 0 Å². The molecule has 9 heteroatoms. The van der Waals surface area contributed by atoms with E-state index in [2.05, 4.69) is 4.98 Å². The average Bonchev–Trinajstić information content (AvgIpc) is 3.45. The zero-order valence-electron chi connectivity index (χ0n) is 17.9. The van der Waals surface area contributed by atoms with Crippen LogP contribution in [0.5, 0.6) is 5.75 Å². The maximum atomic E-state index is 13.6. The van der Waals surface area contributed by atoms with Crippen LogP contribution in [0.1, 0.15) is 12.8 Å². The Morgan fingerprint density at radius 2 is 1.97 bits per heavy atom. The Kier molecular flexibility index (Phi) is 4.78. The van der Waals surface area contributed by atoms with Gasteiger partial charge in [-0.05, 0) is 43.2 Å². The van der Waals surface area contributed by atoms with Crippen LogP contribution in [0.4, 0.5) is 0 Å². The second-order valence-corrected chi connectivity index (χ2v) is 8.48. The molecule has 0 saturated carbocycles. The molecule has 33 heavy (non-hydrogen) atoms. The van der Waals surface area contributed by atoms with Crippen LogP contribution in [0.15, 0.2) is 53.6 Å². The van der Waals surface area contributed by atoms with Crippen LogP contribution < -0.4 is 10.3 Å². The quantitative estimate of drug-likeness (QED) is 0.400. The Morgan fingerprint density at radius 3 is 2.70 bits per heavy atom. The average molecular weight is 462 g/mol. The van der Waals surface area contributed by atoms with E-state index >= 15 is 0 Å². The van der Waals surface area contributed by atoms with Gasteiger partial charge in [-0.3, -0.25) is 13.9 Å². The van der Waals surface area contributed by atoms with E-state index in [0.717, 1.165) is 25.0 Å². The fourth-order valence-electron chi connectivity index (χ4n) is 4.45. The highest BCUT2D eigenvalue weighted by molar-refractivity contribution is 6.32. The monoisotopic (exact) mass is 461 g/mol. The van der Waals surface area contributed by atoms with Crippen LogP contribution in [-0.4, -0.2) is 43.9 Å². The third kappa shape index (κ3) is 3.25. The number of halogens is 1. The summed E-state index contributed by atoms with van der Waals surface area (Å²) in [7, 11) is 1.57. The number of methoxy groups -OCH3 is 1. The summed E-state index contributed by atoms with van der Waals surface area (Å²) in [6.07, 6.45) is 3.53. The molecule has 0 bridgehead atoms. The molecule has 1 aliphatic heterocycles. The molecular formula is C24H20ClN5O3. The SMILES string of the molecule is COc1ccc(-n2c3nc4ccccc4nc3c3c(=O)n(C[C@@H]4CCCO4)cnc32)cc1Cl. The number of hydrogen-bond acceptors (Lipinski definition) is 6. The first kappa shape index (κ1) is 20.1. The number of aromatic nitrogens is 5. The van der Waals surface area contributed by atoms with Gasteiger partial charge in [0.1, 0.15) is 23.0 Å². The fourth-order valence-corrected chi connectivity index (χ4v) is 4.70. The van der Waals surface area contributed by atoms with Gasteiger partial charge in [-0.15, -0.1) is 0 Å². The summed E-state index contributed by atoms with van der Waals surface area (Å²) in [6.45, 7) is 1.19. The summed E-state index contributed by atoms with van der Waals surface area (Å²) in [5.41, 5.74) is 3.53. The summed E-state index contributed by atoms with van der Waals surface area (Å²) in [4.78, 5) is 28.0. The van der Waals surface area contributed by atoms with Gasteiger partial charge in [-0.1, -0.05) is 23.7 Å². The Morgan fingerprint density at radius 1 is 1.15 bits per heavy atom. The summed E-state index contributed by atoms with van der Waals surface area (Å²) in [6, 6.07) is 13.0. The zero-order chi connectivity index (χ0) is 22.5. The lowest BCUT2D eigenvalue weighted by atomic mass is 10.2. The van der Waals surface area contributed by atoms with Crippen molar-refractivity contribution in [3.63, 3.8) is 0 Å². The number of para-hydroxylation sites is 2. The van der Waals surface area contributed by atoms with E-state index < -0.39 is 0 Å². The van der Waals surface area contributed by atoms with Gasteiger partial charge in [0.25, 0.3) is 5.56 Å². The predicted octanol–water partition coefficient (Wildman–Crippen LogP) is 4.12. The normalized spacial score (nSPS) is 16.2. The molecule has 1 fully saturated rings. The summed E-state index contributed by atoms with van der Waals surface area (Å²) in [5.74, 6) is 0.560. The van der Waals surface area contributed by atoms with Gasteiger partial charge in [0.2, 0.25) is 0 Å². The highest BCUT2D eigenvalue weighted by atomic mass is 35.5. The fraction of sp³-hybridized carbons (Fsp3) is 0.250. The zero-order valence-corrected chi connectivity index (χ0v) is 18.6. The number of nitrogens with zero attached hydrogens (tertiary/aromatic N) is 5. The van der Waals surface area contributed by atoms with Crippen LogP contribution >= 0.6 is 11.6 Å². The maximum absolute atomic E-state index is 13.6. The third-order valence-electron chi connectivity index (χ3n) is 6.05. The molecule has 0 radical (unpaired) electrons. The van der Waals surface area contributed by atoms with E-state index in [4.69, 9.17) is 31.0 Å². The number of fused-ring (bicyclic) bond motifs is 4. The number of hydrogen-bond donors (Lipinski definition) is 0. The molecule has 4 heterocycles. The summed E-state index contributed by atoms with van der Waals surface area (Å²) < 4.78 is 14.5. The molecule has 2 aromatic carbocycles. The molecule has 8 nitrogen and oxygen atoms in total. The van der Waals surface area contributed by atoms with Crippen LogP contribution in [0.25, 0.3) is 38.9 Å². The van der Waals surface area contributed by atoms with Crippen molar-refractivity contribution in [1.29, 1.82) is 0 Å². The van der Waals surface area contributed by atoms with E-state index in [1.807, 2.05) is 34.9 Å². The molecule has 166 valence electrons. The van der Waals surface area contributed by atoms with Crippen molar-refractivity contribution < 1.29 is 9.47 Å². The highest BCUT2D eigenvalue weighted by Gasteiger charge is 2.23. The lowest BCUT2D eigenvalue weighted by Gasteiger charge is -2.12. The molecule has 0 unspecified atom stereocenters. The standard InChI is InChI=1S/C24H20ClN5O3/c1-32-19-9-8-14(11-16(19)25)30-22-20(21-23(30)28-18-7-3-2-6-17(18)27-21)24(31)29(13-26-22)12-15-5-4-10-33-15/h2-3,6-9,11,13,15H,4-5,10,12H2,1H3/t15-/m0/s1. The van der Waals surface area contributed by atoms with E-state index in [9.17, 15) is 4.79 Å². The molecule has 1 aliphatic rings. The first-order valence-corrected chi connectivity index (χ1v) is 11.1. The third-order valence-corrected chi connectivity index (χ3v) is 6.34. The minimum absolute atomic E-state index is 0.0163. The second kappa shape index (κ2) is 7.83. The van der Waals surface area contributed by atoms with Gasteiger partial charge in [0, 0.05) is 6.61 Å². The molecule has 5 aromatic rings. The van der Waals surface area contributed by atoms with Crippen molar-refractivity contribution in [2.45, 2.75) is 25.5 Å². The topological polar surface area (TPSA) is 84.1 Å². The highest BCUT2D eigenvalue weighted by Crippen LogP contribution is 2.32. The van der Waals surface area contributed by atoms with Crippen LogP contribution in [-0.2, 0) is 11.3 Å². The molecule has 0 aliphatic carbocycles. The number of benzene rings is 2. The minimum Gasteiger partial charge on any atom is -0.495 e. The molecule has 6 rings (SSSR count). The van der Waals surface area contributed by atoms with Crippen molar-refractivity contribution >= 4 is 44.8 Å². The molecular weight excluding hydrogens is 442 g/mol. The Balaban J connectivity index is 1.67. The van der Waals surface area contributed by atoms with Crippen molar-refractivity contribution in [3.8, 4) is 11.4 Å². The van der Waals surface area contributed by atoms with Crippen molar-refractivity contribution in [2.75, 3.05) is 13.7 Å². The van der Waals surface area contributed by atoms with Crippen molar-refractivity contribution in [2.24, 2.45) is 0 Å². The lowest BCUT2D eigenvalue weighted by molar-refractivity contribution is 0.0960. The van der Waals surface area contributed by atoms with E-state index in [1.54, 1.807) is 30.1 Å². The predicted molar refractivity (Wildman–Crippen MR) is 126 cm³/mol. The Hall–Kier alpha value is -3.49. The smallest absolute Gasteiger partial charge is 0.265 e. The van der Waals surface area contributed by atoms with Gasteiger partial charge in [-0.2, -0.15) is 0 Å². The minimum atomic E-state index is -0.163. The van der Waals surface area contributed by atoms with Crippen molar-refractivity contribution in [1.82, 2.24) is 24.1 Å². The summed E-state index contributed by atoms with van der Waals surface area (Å²) >= 11 is 6.42. The van der Waals surface area contributed by atoms with Crippen LogP contribution in [0.2, 0.25) is 5.02 Å². The van der Waals surface area contributed by atoms with E-state index in [1.165, 1.54) is 0 Å². The lowest BCUT2D eigenvalue weighted by Crippen LogP contribution is -2.26. The molecule has 0 N–H and O–H groups in total. The molecule has 0 amide bonds. The Bertz CT molecular complexity index is 1590. The number of rotatable bonds is 4. The number of ether oxygens (including phenoxy) is 2. The molecule has 1 saturated heterocycles. The van der Waals surface area contributed by atoms with Gasteiger partial charge in [-0.25, -0.2) is 15.0 Å². The first-order valence-electron chi connectivity index (χ1n) is 10.8. The molecule has 0 spiro atoms. The van der Waals surface area contributed by atoms with Crippen LogP contribution in [0, 0.1) is 0 Å². The first-order chi connectivity index (χ1) is 16.1.